The Morgan fingerprint density at radius 3 is 2.65 bits per heavy atom. The van der Waals surface area contributed by atoms with Gasteiger partial charge in [-0.05, 0) is 58.7 Å². The van der Waals surface area contributed by atoms with Gasteiger partial charge in [0.1, 0.15) is 5.75 Å². The number of hydrogen-bond acceptors (Lipinski definition) is 6. The number of nitriles is 1. The molecule has 7 heteroatoms. The minimum absolute atomic E-state index is 0.422. The van der Waals surface area contributed by atoms with Crippen LogP contribution in [-0.4, -0.2) is 23.9 Å². The summed E-state index contributed by atoms with van der Waals surface area (Å²) in [6.45, 7) is 3.10. The zero-order chi connectivity index (χ0) is 18.5. The molecular weight excluding hydrogens is 396 g/mol. The summed E-state index contributed by atoms with van der Waals surface area (Å²) in [5.74, 6) is 1.16. The summed E-state index contributed by atoms with van der Waals surface area (Å²) < 4.78 is 12.3. The number of aromatic nitrogens is 2. The van der Waals surface area contributed by atoms with Gasteiger partial charge in [0, 0.05) is 19.2 Å². The number of anilines is 1. The minimum Gasteiger partial charge on any atom is -0.493 e. The van der Waals surface area contributed by atoms with Gasteiger partial charge < -0.3 is 14.1 Å². The van der Waals surface area contributed by atoms with Crippen LogP contribution in [-0.2, 0) is 6.54 Å². The van der Waals surface area contributed by atoms with E-state index in [0.29, 0.717) is 30.6 Å². The number of nitrogens with zero attached hydrogens (tertiary/aromatic N) is 4. The van der Waals surface area contributed by atoms with Crippen molar-refractivity contribution in [2.24, 2.45) is 0 Å². The predicted molar refractivity (Wildman–Crippen MR) is 102 cm³/mol. The minimum atomic E-state index is 0.422. The first-order valence-corrected chi connectivity index (χ1v) is 8.86. The molecule has 0 bridgehead atoms. The molecule has 0 aliphatic carbocycles. The van der Waals surface area contributed by atoms with Crippen molar-refractivity contribution in [3.8, 4) is 23.3 Å². The Kier molecular flexibility index (Phi) is 5.54. The van der Waals surface area contributed by atoms with Crippen molar-refractivity contribution in [1.29, 1.82) is 5.26 Å². The highest BCUT2D eigenvalue weighted by atomic mass is 79.9. The van der Waals surface area contributed by atoms with Crippen LogP contribution in [0.5, 0.6) is 5.75 Å². The van der Waals surface area contributed by atoms with Crippen LogP contribution < -0.4 is 9.64 Å². The van der Waals surface area contributed by atoms with E-state index in [1.807, 2.05) is 49.2 Å². The Labute approximate surface area is 160 Å². The average molecular weight is 413 g/mol. The molecule has 1 aromatic heterocycles. The van der Waals surface area contributed by atoms with Gasteiger partial charge in [-0.2, -0.15) is 5.26 Å². The highest BCUT2D eigenvalue weighted by molar-refractivity contribution is 9.10. The number of ether oxygens (including phenoxy) is 1. The molecule has 1 heterocycles. The molecule has 6 nitrogen and oxygen atoms in total. The summed E-state index contributed by atoms with van der Waals surface area (Å²) in [5, 5.41) is 17.1. The lowest BCUT2D eigenvalue weighted by Gasteiger charge is -2.13. The van der Waals surface area contributed by atoms with Crippen LogP contribution in [0, 0.1) is 11.3 Å². The molecule has 0 spiro atoms. The Morgan fingerprint density at radius 1 is 1.19 bits per heavy atom. The van der Waals surface area contributed by atoms with Crippen LogP contribution >= 0.6 is 15.9 Å². The molecule has 0 amide bonds. The van der Waals surface area contributed by atoms with Gasteiger partial charge in [-0.3, -0.25) is 0 Å². The highest BCUT2D eigenvalue weighted by Crippen LogP contribution is 2.31. The van der Waals surface area contributed by atoms with Gasteiger partial charge in [0.15, 0.2) is 0 Å². The zero-order valence-corrected chi connectivity index (χ0v) is 16.0. The van der Waals surface area contributed by atoms with Gasteiger partial charge in [0.2, 0.25) is 5.89 Å². The summed E-state index contributed by atoms with van der Waals surface area (Å²) in [4.78, 5) is 1.86. The van der Waals surface area contributed by atoms with Crippen LogP contribution in [0.1, 0.15) is 18.1 Å². The number of hydrogen-bond donors (Lipinski definition) is 0. The van der Waals surface area contributed by atoms with Gasteiger partial charge in [0.25, 0.3) is 0 Å². The van der Waals surface area contributed by atoms with Crippen molar-refractivity contribution in [3.63, 3.8) is 0 Å². The molecule has 0 aliphatic heterocycles. The fraction of sp³-hybridized carbons (Fsp3) is 0.211. The van der Waals surface area contributed by atoms with E-state index in [9.17, 15) is 0 Å². The van der Waals surface area contributed by atoms with Crippen LogP contribution in [0.4, 0.5) is 6.01 Å². The third-order valence-electron chi connectivity index (χ3n) is 3.72. The van der Waals surface area contributed by atoms with E-state index in [-0.39, 0.29) is 0 Å². The lowest BCUT2D eigenvalue weighted by molar-refractivity contribution is 0.338. The maximum absolute atomic E-state index is 8.86. The first-order valence-electron chi connectivity index (χ1n) is 8.07. The molecule has 0 aliphatic rings. The summed E-state index contributed by atoms with van der Waals surface area (Å²) in [5.41, 5.74) is 2.48. The first-order chi connectivity index (χ1) is 12.6. The molecule has 0 saturated heterocycles. The van der Waals surface area contributed by atoms with Gasteiger partial charge in [-0.1, -0.05) is 17.2 Å². The van der Waals surface area contributed by atoms with Gasteiger partial charge in [-0.25, -0.2) is 0 Å². The van der Waals surface area contributed by atoms with E-state index >= 15 is 0 Å². The monoisotopic (exact) mass is 412 g/mol. The molecule has 0 fully saturated rings. The highest BCUT2D eigenvalue weighted by Gasteiger charge is 2.14. The van der Waals surface area contributed by atoms with E-state index < -0.39 is 0 Å². The van der Waals surface area contributed by atoms with Crippen molar-refractivity contribution >= 4 is 21.9 Å². The van der Waals surface area contributed by atoms with Crippen LogP contribution in [0.25, 0.3) is 11.5 Å². The fourth-order valence-electron chi connectivity index (χ4n) is 2.42. The van der Waals surface area contributed by atoms with Crippen molar-refractivity contribution in [2.45, 2.75) is 13.5 Å². The largest absolute Gasteiger partial charge is 0.493 e. The third kappa shape index (κ3) is 4.03. The summed E-state index contributed by atoms with van der Waals surface area (Å²) >= 11 is 3.46. The molecule has 0 N–H and O–H groups in total. The average Bonchev–Trinajstić information content (AvgIpc) is 3.15. The Morgan fingerprint density at radius 2 is 1.96 bits per heavy atom. The molecule has 0 saturated carbocycles. The van der Waals surface area contributed by atoms with E-state index in [4.69, 9.17) is 14.4 Å². The van der Waals surface area contributed by atoms with E-state index in [1.165, 1.54) is 0 Å². The van der Waals surface area contributed by atoms with E-state index in [0.717, 1.165) is 21.3 Å². The van der Waals surface area contributed by atoms with Gasteiger partial charge in [0.05, 0.1) is 22.7 Å². The van der Waals surface area contributed by atoms with Crippen molar-refractivity contribution in [2.75, 3.05) is 18.6 Å². The number of rotatable bonds is 6. The Hall–Kier alpha value is -2.85. The van der Waals surface area contributed by atoms with E-state index in [1.54, 1.807) is 12.1 Å². The second-order valence-electron chi connectivity index (χ2n) is 5.63. The molecule has 3 aromatic rings. The second kappa shape index (κ2) is 8.02. The molecule has 3 rings (SSSR count). The second-order valence-corrected chi connectivity index (χ2v) is 6.49. The molecule has 26 heavy (non-hydrogen) atoms. The number of halogens is 1. The molecule has 0 unspecified atom stereocenters. The summed E-state index contributed by atoms with van der Waals surface area (Å²) in [6, 6.07) is 15.6. The van der Waals surface area contributed by atoms with Gasteiger partial charge in [-0.15, -0.1) is 5.10 Å². The van der Waals surface area contributed by atoms with Crippen LogP contribution in [0.2, 0.25) is 0 Å². The normalized spacial score (nSPS) is 10.4. The lowest BCUT2D eigenvalue weighted by atomic mass is 10.1. The Balaban J connectivity index is 1.76. The standard InChI is InChI=1S/C19H17BrN4O2/c1-3-25-17-10-15(8-9-16(17)20)18-22-23-19(26-18)24(2)12-14-6-4-13(11-21)5-7-14/h4-10H,3,12H2,1-2H3. The van der Waals surface area contributed by atoms with Crippen LogP contribution in [0.15, 0.2) is 51.4 Å². The smallest absolute Gasteiger partial charge is 0.318 e. The lowest BCUT2D eigenvalue weighted by Crippen LogP contribution is -2.16. The number of benzene rings is 2. The van der Waals surface area contributed by atoms with Gasteiger partial charge >= 0.3 is 6.01 Å². The van der Waals surface area contributed by atoms with Crippen molar-refractivity contribution in [3.05, 3.63) is 58.1 Å². The maximum Gasteiger partial charge on any atom is 0.318 e. The molecule has 0 atom stereocenters. The third-order valence-corrected chi connectivity index (χ3v) is 4.38. The summed E-state index contributed by atoms with van der Waals surface area (Å²) in [6.07, 6.45) is 0. The molecular formula is C19H17BrN4O2. The molecule has 2 aromatic carbocycles. The summed E-state index contributed by atoms with van der Waals surface area (Å²) in [7, 11) is 1.88. The molecule has 0 radical (unpaired) electrons. The van der Waals surface area contributed by atoms with E-state index in [2.05, 4.69) is 32.2 Å². The predicted octanol–water partition coefficient (Wildman–Crippen LogP) is 4.41. The van der Waals surface area contributed by atoms with Crippen LogP contribution in [0.3, 0.4) is 0 Å². The zero-order valence-electron chi connectivity index (χ0n) is 14.4. The Bertz CT molecular complexity index is 931. The molecule has 132 valence electrons. The van der Waals surface area contributed by atoms with Crippen molar-refractivity contribution in [1.82, 2.24) is 10.2 Å². The van der Waals surface area contributed by atoms with Crippen molar-refractivity contribution < 1.29 is 9.15 Å². The SMILES string of the molecule is CCOc1cc(-c2nnc(N(C)Cc3ccc(C#N)cc3)o2)ccc1Br. The quantitative estimate of drug-likeness (QED) is 0.596. The first kappa shape index (κ1) is 18.0. The maximum atomic E-state index is 8.86. The topological polar surface area (TPSA) is 75.2 Å². The fourth-order valence-corrected chi connectivity index (χ4v) is 2.78.